The highest BCUT2D eigenvalue weighted by atomic mass is 31.2. The van der Waals surface area contributed by atoms with Gasteiger partial charge in [-0.1, -0.05) is 347 Å². The summed E-state index contributed by atoms with van der Waals surface area (Å²) >= 11 is 0. The monoisotopic (exact) mass is 1230 g/mol. The number of allylic oxidation sites excluding steroid dienone is 5. The van der Waals surface area contributed by atoms with E-state index in [0.29, 0.717) is 17.4 Å². The van der Waals surface area contributed by atoms with Crippen LogP contribution in [0.15, 0.2) is 36.5 Å². The Balaban J connectivity index is 4.94. The number of ether oxygens (including phenoxy) is 1. The van der Waals surface area contributed by atoms with Crippen LogP contribution < -0.4 is 10.2 Å². The van der Waals surface area contributed by atoms with E-state index >= 15 is 0 Å². The Labute approximate surface area is 536 Å². The van der Waals surface area contributed by atoms with Crippen molar-refractivity contribution >= 4 is 19.7 Å². The highest BCUT2D eigenvalue weighted by Gasteiger charge is 2.27. The molecule has 1 amide bonds. The Morgan fingerprint density at radius 1 is 0.407 bits per heavy atom. The maximum Gasteiger partial charge on any atom is 0.306 e. The molecule has 0 aliphatic heterocycles. The van der Waals surface area contributed by atoms with Crippen molar-refractivity contribution in [3.8, 4) is 0 Å². The summed E-state index contributed by atoms with van der Waals surface area (Å²) in [6, 6.07) is -0.887. The molecule has 10 heteroatoms. The number of carbonyl (C=O) groups is 2. The molecule has 3 unspecified atom stereocenters. The van der Waals surface area contributed by atoms with Crippen LogP contribution in [0.5, 0.6) is 0 Å². The lowest BCUT2D eigenvalue weighted by molar-refractivity contribution is -0.870. The first kappa shape index (κ1) is 84.2. The average Bonchev–Trinajstić information content (AvgIpc) is 3.66. The second kappa shape index (κ2) is 66.2. The van der Waals surface area contributed by atoms with Crippen molar-refractivity contribution in [2.45, 2.75) is 399 Å². The Hall–Kier alpha value is -1.77. The van der Waals surface area contributed by atoms with E-state index in [0.717, 1.165) is 64.2 Å². The topological polar surface area (TPSA) is 114 Å². The van der Waals surface area contributed by atoms with Gasteiger partial charge in [0.05, 0.1) is 33.8 Å². The number of likely N-dealkylation sites (N-methyl/N-ethyl adjacent to an activating group) is 1. The van der Waals surface area contributed by atoms with Gasteiger partial charge in [0, 0.05) is 12.8 Å². The van der Waals surface area contributed by atoms with E-state index in [1.807, 2.05) is 33.3 Å². The number of amides is 1. The fraction of sp³-hybridized carbons (Fsp3) is 0.895. The maximum absolute atomic E-state index is 13.6. The third kappa shape index (κ3) is 66.6. The molecule has 0 fully saturated rings. The fourth-order valence-corrected chi connectivity index (χ4v) is 12.2. The molecule has 0 aromatic rings. The number of carbonyl (C=O) groups excluding carboxylic acids is 2. The minimum absolute atomic E-state index is 0.0198. The van der Waals surface area contributed by atoms with E-state index in [1.54, 1.807) is 0 Å². The largest absolute Gasteiger partial charge is 0.756 e. The molecular weight excluding hydrogens is 1080 g/mol. The summed E-state index contributed by atoms with van der Waals surface area (Å²) in [6.07, 6.45) is 82.8. The molecule has 0 radical (unpaired) electrons. The van der Waals surface area contributed by atoms with Crippen molar-refractivity contribution in [1.29, 1.82) is 0 Å². The summed E-state index contributed by atoms with van der Waals surface area (Å²) in [5.41, 5.74) is 0. The summed E-state index contributed by atoms with van der Waals surface area (Å²) in [6.45, 7) is 6.89. The molecule has 0 aliphatic carbocycles. The number of nitrogens with one attached hydrogen (secondary N) is 1. The van der Waals surface area contributed by atoms with E-state index in [4.69, 9.17) is 13.8 Å². The van der Waals surface area contributed by atoms with Gasteiger partial charge in [0.15, 0.2) is 0 Å². The van der Waals surface area contributed by atoms with Crippen LogP contribution in [-0.2, 0) is 27.9 Å². The highest BCUT2D eigenvalue weighted by Crippen LogP contribution is 2.38. The number of phosphoric ester groups is 1. The van der Waals surface area contributed by atoms with Gasteiger partial charge < -0.3 is 28.5 Å². The lowest BCUT2D eigenvalue weighted by Crippen LogP contribution is -2.47. The van der Waals surface area contributed by atoms with Gasteiger partial charge in [-0.05, 0) is 63.9 Å². The van der Waals surface area contributed by atoms with Crippen molar-refractivity contribution < 1.29 is 37.3 Å². The zero-order valence-corrected chi connectivity index (χ0v) is 59.2. The first-order valence-corrected chi connectivity index (χ1v) is 39.3. The Bertz CT molecular complexity index is 1560. The zero-order valence-electron chi connectivity index (χ0n) is 58.3. The summed E-state index contributed by atoms with van der Waals surface area (Å²) in [4.78, 5) is 40.2. The average molecular weight is 1230 g/mol. The van der Waals surface area contributed by atoms with Gasteiger partial charge in [-0.15, -0.1) is 0 Å². The zero-order chi connectivity index (χ0) is 62.8. The molecule has 0 saturated heterocycles. The third-order valence-corrected chi connectivity index (χ3v) is 18.3. The molecule has 0 aromatic carbocycles. The number of unbranched alkanes of at least 4 members (excludes halogenated alkanes) is 50. The van der Waals surface area contributed by atoms with Crippen LogP contribution >= 0.6 is 7.82 Å². The summed E-state index contributed by atoms with van der Waals surface area (Å²) in [7, 11) is 1.20. The van der Waals surface area contributed by atoms with Crippen LogP contribution in [0.4, 0.5) is 0 Å². The Morgan fingerprint density at radius 3 is 1.07 bits per heavy atom. The molecule has 0 rings (SSSR count). The molecule has 0 aliphatic rings. The lowest BCUT2D eigenvalue weighted by Gasteiger charge is -2.30. The van der Waals surface area contributed by atoms with Gasteiger partial charge in [-0.2, -0.15) is 0 Å². The van der Waals surface area contributed by atoms with E-state index in [2.05, 4.69) is 50.4 Å². The van der Waals surface area contributed by atoms with Crippen LogP contribution in [0.2, 0.25) is 0 Å². The molecule has 508 valence electrons. The van der Waals surface area contributed by atoms with Crippen LogP contribution in [0.3, 0.4) is 0 Å². The predicted octanol–water partition coefficient (Wildman–Crippen LogP) is 23.6. The van der Waals surface area contributed by atoms with Crippen LogP contribution in [0, 0.1) is 0 Å². The van der Waals surface area contributed by atoms with Gasteiger partial charge in [0.1, 0.15) is 19.3 Å². The quantitative estimate of drug-likeness (QED) is 0.0212. The molecule has 3 atom stereocenters. The first-order valence-electron chi connectivity index (χ1n) is 37.8. The molecule has 0 spiro atoms. The number of esters is 1. The van der Waals surface area contributed by atoms with Crippen LogP contribution in [-0.4, -0.2) is 69.4 Å². The molecular formula is C76H147N2O7P. The minimum atomic E-state index is -4.70. The standard InChI is InChI=1S/C76H147N2O7P/c1-7-10-13-16-19-22-25-28-30-32-34-36-37-38-39-40-41-43-45-47-49-51-54-57-60-63-66-69-76(80)85-74(67-64-61-58-55-52-27-24-21-18-15-12-9-3)73(72-84-86(81,82)83-71-70-78(4,5)6)77-75(79)68-65-62-59-56-53-50-48-46-44-42-35-33-31-29-26-23-20-17-14-11-8-2/h20,23,29,31,64,67,73-74H,7-19,21-22,24-28,30,32-63,65-66,68-72H2,1-6H3,(H-,77,79,81,82)/b23-20-,31-29-,67-64-. The first-order chi connectivity index (χ1) is 41.9. The molecule has 0 aromatic heterocycles. The molecule has 86 heavy (non-hydrogen) atoms. The van der Waals surface area contributed by atoms with Crippen molar-refractivity contribution in [2.24, 2.45) is 0 Å². The van der Waals surface area contributed by atoms with Gasteiger partial charge in [-0.25, -0.2) is 0 Å². The maximum atomic E-state index is 13.6. The number of hydrogen-bond acceptors (Lipinski definition) is 7. The lowest BCUT2D eigenvalue weighted by atomic mass is 10.0. The summed E-state index contributed by atoms with van der Waals surface area (Å²) in [5, 5.41) is 3.05. The van der Waals surface area contributed by atoms with Gasteiger partial charge in [-0.3, -0.25) is 14.2 Å². The van der Waals surface area contributed by atoms with Crippen LogP contribution in [0.25, 0.3) is 0 Å². The number of hydrogen-bond donors (Lipinski definition) is 1. The van der Waals surface area contributed by atoms with Gasteiger partial charge in [0.25, 0.3) is 7.82 Å². The number of rotatable bonds is 70. The molecule has 0 heterocycles. The molecule has 0 bridgehead atoms. The fourth-order valence-electron chi connectivity index (χ4n) is 11.5. The Kier molecular flexibility index (Phi) is 64.8. The predicted molar refractivity (Wildman–Crippen MR) is 372 cm³/mol. The summed E-state index contributed by atoms with van der Waals surface area (Å²) < 4.78 is 30.5. The van der Waals surface area contributed by atoms with E-state index < -0.39 is 20.0 Å². The summed E-state index contributed by atoms with van der Waals surface area (Å²) in [5.74, 6) is -0.521. The highest BCUT2D eigenvalue weighted by molar-refractivity contribution is 7.45. The van der Waals surface area contributed by atoms with Crippen LogP contribution in [0.1, 0.15) is 387 Å². The SMILES string of the molecule is CCCCC/C=C\C/C=C\CCCCCCCCCCCCCC(=O)NC(COP(=O)([O-])OCC[N+](C)(C)C)C(/C=C\CCCCCCCCCCCC)OC(=O)CCCCCCCCCCCCCCCCCCCCCCCCCCCCC. The van der Waals surface area contributed by atoms with Crippen molar-refractivity contribution in [3.63, 3.8) is 0 Å². The minimum Gasteiger partial charge on any atom is -0.756 e. The van der Waals surface area contributed by atoms with Crippen molar-refractivity contribution in [1.82, 2.24) is 5.32 Å². The second-order valence-corrected chi connectivity index (χ2v) is 28.6. The number of quaternary nitrogens is 1. The van der Waals surface area contributed by atoms with E-state index in [9.17, 15) is 19.0 Å². The van der Waals surface area contributed by atoms with Gasteiger partial charge >= 0.3 is 5.97 Å². The number of phosphoric acid groups is 1. The molecule has 0 saturated carbocycles. The van der Waals surface area contributed by atoms with E-state index in [-0.39, 0.29) is 31.5 Å². The molecule has 1 N–H and O–H groups in total. The van der Waals surface area contributed by atoms with Crippen molar-refractivity contribution in [3.05, 3.63) is 36.5 Å². The van der Waals surface area contributed by atoms with Gasteiger partial charge in [0.2, 0.25) is 5.91 Å². The van der Waals surface area contributed by atoms with Crippen molar-refractivity contribution in [2.75, 3.05) is 40.9 Å². The smallest absolute Gasteiger partial charge is 0.306 e. The molecule has 9 nitrogen and oxygen atoms in total. The Morgan fingerprint density at radius 2 is 0.709 bits per heavy atom. The normalized spacial score (nSPS) is 13.6. The third-order valence-electron chi connectivity index (χ3n) is 17.3. The number of nitrogens with zero attached hydrogens (tertiary/aromatic N) is 1. The second-order valence-electron chi connectivity index (χ2n) is 27.2. The van der Waals surface area contributed by atoms with E-state index in [1.165, 1.54) is 289 Å².